The van der Waals surface area contributed by atoms with Gasteiger partial charge in [0.15, 0.2) is 0 Å². The van der Waals surface area contributed by atoms with Gasteiger partial charge < -0.3 is 0 Å². The molecule has 1 aliphatic heterocycles. The van der Waals surface area contributed by atoms with Crippen molar-refractivity contribution in [3.8, 4) is 0 Å². The van der Waals surface area contributed by atoms with Crippen molar-refractivity contribution < 1.29 is 0 Å². The zero-order valence-corrected chi connectivity index (χ0v) is 6.50. The Labute approximate surface area is 56.0 Å². The lowest BCUT2D eigenvalue weighted by molar-refractivity contribution is 0.727. The van der Waals surface area contributed by atoms with Crippen molar-refractivity contribution in [1.82, 2.24) is 0 Å². The Balaban J connectivity index is 2.22. The molecule has 0 spiro atoms. The Morgan fingerprint density at radius 1 is 1.50 bits per heavy atom. The first-order chi connectivity index (χ1) is 3.83. The molecule has 0 saturated carbocycles. The summed E-state index contributed by atoms with van der Waals surface area (Å²) in [6, 6.07) is 0. The molecule has 1 heterocycles. The summed E-state index contributed by atoms with van der Waals surface area (Å²) in [5.41, 5.74) is 0. The van der Waals surface area contributed by atoms with Gasteiger partial charge in [-0.1, -0.05) is 13.8 Å². The minimum atomic E-state index is 0.944. The zero-order chi connectivity index (χ0) is 5.98. The number of rotatable bonds is 1. The van der Waals surface area contributed by atoms with Crippen LogP contribution in [-0.4, -0.2) is 10.5 Å². The lowest BCUT2D eigenvalue weighted by atomic mass is 10.2. The van der Waals surface area contributed by atoms with Gasteiger partial charge in [-0.25, -0.2) is 0 Å². The maximum atomic E-state index is 2.33. The first-order valence-electron chi connectivity index (χ1n) is 3.48. The van der Waals surface area contributed by atoms with Crippen LogP contribution in [0.15, 0.2) is 0 Å². The molecule has 8 heavy (non-hydrogen) atoms. The highest BCUT2D eigenvalue weighted by molar-refractivity contribution is 8.00. The lowest BCUT2D eigenvalue weighted by Gasteiger charge is -2.02. The van der Waals surface area contributed by atoms with Crippen molar-refractivity contribution in [3.05, 3.63) is 0 Å². The first-order valence-corrected chi connectivity index (χ1v) is 4.42. The van der Waals surface area contributed by atoms with Crippen molar-refractivity contribution >= 4 is 11.8 Å². The molecule has 0 aromatic carbocycles. The van der Waals surface area contributed by atoms with E-state index in [-0.39, 0.29) is 0 Å². The fraction of sp³-hybridized carbons (Fsp3) is 1.00. The fourth-order valence-electron chi connectivity index (χ4n) is 1.19. The highest BCUT2D eigenvalue weighted by atomic mass is 32.2. The van der Waals surface area contributed by atoms with Gasteiger partial charge in [-0.05, 0) is 19.3 Å². The molecule has 0 amide bonds. The SMILES string of the molecule is CC[C@@H]1CC[C@@H](C)S1. The van der Waals surface area contributed by atoms with Crippen molar-refractivity contribution in [2.75, 3.05) is 0 Å². The van der Waals surface area contributed by atoms with Crippen LogP contribution in [0, 0.1) is 0 Å². The summed E-state index contributed by atoms with van der Waals surface area (Å²) in [6.45, 7) is 4.62. The van der Waals surface area contributed by atoms with Crippen molar-refractivity contribution in [2.45, 2.75) is 43.6 Å². The third-order valence-electron chi connectivity index (χ3n) is 1.78. The second-order valence-electron chi connectivity index (χ2n) is 2.55. The van der Waals surface area contributed by atoms with Crippen LogP contribution in [0.3, 0.4) is 0 Å². The fourth-order valence-corrected chi connectivity index (χ4v) is 2.58. The van der Waals surface area contributed by atoms with E-state index in [9.17, 15) is 0 Å². The smallest absolute Gasteiger partial charge is 0.00475 e. The quantitative estimate of drug-likeness (QED) is 0.526. The van der Waals surface area contributed by atoms with E-state index in [1.165, 1.54) is 19.3 Å². The topological polar surface area (TPSA) is 0 Å². The van der Waals surface area contributed by atoms with Crippen molar-refractivity contribution in [3.63, 3.8) is 0 Å². The van der Waals surface area contributed by atoms with Crippen LogP contribution in [0.1, 0.15) is 33.1 Å². The summed E-state index contributed by atoms with van der Waals surface area (Å²) in [4.78, 5) is 0. The third-order valence-corrected chi connectivity index (χ3v) is 3.43. The van der Waals surface area contributed by atoms with Crippen LogP contribution >= 0.6 is 11.8 Å². The summed E-state index contributed by atoms with van der Waals surface area (Å²) >= 11 is 2.17. The molecule has 0 N–H and O–H groups in total. The molecular formula is C7H14S. The van der Waals surface area contributed by atoms with Gasteiger partial charge in [-0.15, -0.1) is 0 Å². The second-order valence-corrected chi connectivity index (χ2v) is 4.30. The molecule has 48 valence electrons. The average molecular weight is 130 g/mol. The predicted octanol–water partition coefficient (Wildman–Crippen LogP) is 2.68. The molecule has 1 rings (SSSR count). The molecule has 0 aromatic rings. The number of hydrogen-bond donors (Lipinski definition) is 0. The Kier molecular flexibility index (Phi) is 2.24. The Morgan fingerprint density at radius 3 is 2.50 bits per heavy atom. The summed E-state index contributed by atoms with van der Waals surface area (Å²) < 4.78 is 0. The van der Waals surface area contributed by atoms with Crippen LogP contribution in [0.5, 0.6) is 0 Å². The Bertz CT molecular complexity index is 70.8. The van der Waals surface area contributed by atoms with E-state index >= 15 is 0 Å². The zero-order valence-electron chi connectivity index (χ0n) is 5.68. The van der Waals surface area contributed by atoms with Crippen molar-refractivity contribution in [2.24, 2.45) is 0 Å². The van der Waals surface area contributed by atoms with E-state index in [1.54, 1.807) is 0 Å². The molecule has 2 atom stereocenters. The summed E-state index contributed by atoms with van der Waals surface area (Å²) in [7, 11) is 0. The Morgan fingerprint density at radius 2 is 2.25 bits per heavy atom. The molecule has 1 saturated heterocycles. The van der Waals surface area contributed by atoms with Gasteiger partial charge >= 0.3 is 0 Å². The van der Waals surface area contributed by atoms with Gasteiger partial charge in [0.2, 0.25) is 0 Å². The van der Waals surface area contributed by atoms with Gasteiger partial charge in [0, 0.05) is 10.5 Å². The van der Waals surface area contributed by atoms with E-state index in [1.807, 2.05) is 0 Å². The summed E-state index contributed by atoms with van der Waals surface area (Å²) in [5, 5.41) is 1.94. The molecular weight excluding hydrogens is 116 g/mol. The maximum Gasteiger partial charge on any atom is 0.00475 e. The monoisotopic (exact) mass is 130 g/mol. The molecule has 0 aromatic heterocycles. The molecule has 0 nitrogen and oxygen atoms in total. The molecule has 0 radical (unpaired) electrons. The van der Waals surface area contributed by atoms with Crippen LogP contribution in [-0.2, 0) is 0 Å². The largest absolute Gasteiger partial charge is 0.155 e. The minimum absolute atomic E-state index is 0.944. The van der Waals surface area contributed by atoms with Gasteiger partial charge in [-0.3, -0.25) is 0 Å². The lowest BCUT2D eigenvalue weighted by Crippen LogP contribution is -1.91. The van der Waals surface area contributed by atoms with E-state index < -0.39 is 0 Å². The summed E-state index contributed by atoms with van der Waals surface area (Å²) in [6.07, 6.45) is 4.28. The van der Waals surface area contributed by atoms with E-state index in [2.05, 4.69) is 25.6 Å². The average Bonchev–Trinajstić information content (AvgIpc) is 2.14. The Hall–Kier alpha value is 0.350. The molecule has 1 fully saturated rings. The summed E-state index contributed by atoms with van der Waals surface area (Å²) in [5.74, 6) is 0. The standard InChI is InChI=1S/C7H14S/c1-3-7-5-4-6(2)8-7/h6-7H,3-5H2,1-2H3/t6-,7-/m1/s1. The van der Waals surface area contributed by atoms with Gasteiger partial charge in [-0.2, -0.15) is 11.8 Å². The maximum absolute atomic E-state index is 2.33. The third kappa shape index (κ3) is 1.41. The van der Waals surface area contributed by atoms with Gasteiger partial charge in [0.1, 0.15) is 0 Å². The van der Waals surface area contributed by atoms with E-state index in [0.717, 1.165) is 10.5 Å². The van der Waals surface area contributed by atoms with Crippen LogP contribution in [0.4, 0.5) is 0 Å². The molecule has 0 bridgehead atoms. The number of thioether (sulfide) groups is 1. The normalized spacial score (nSPS) is 38.2. The molecule has 0 unspecified atom stereocenters. The van der Waals surface area contributed by atoms with Crippen molar-refractivity contribution in [1.29, 1.82) is 0 Å². The first kappa shape index (κ1) is 6.47. The molecule has 1 heteroatoms. The van der Waals surface area contributed by atoms with Crippen LogP contribution in [0.2, 0.25) is 0 Å². The second kappa shape index (κ2) is 2.77. The highest BCUT2D eigenvalue weighted by Crippen LogP contribution is 2.34. The minimum Gasteiger partial charge on any atom is -0.155 e. The van der Waals surface area contributed by atoms with E-state index in [4.69, 9.17) is 0 Å². The van der Waals surface area contributed by atoms with Crippen LogP contribution < -0.4 is 0 Å². The van der Waals surface area contributed by atoms with Gasteiger partial charge in [0.25, 0.3) is 0 Å². The molecule has 1 aliphatic rings. The van der Waals surface area contributed by atoms with Crippen LogP contribution in [0.25, 0.3) is 0 Å². The van der Waals surface area contributed by atoms with E-state index in [0.29, 0.717) is 0 Å². The molecule has 0 aliphatic carbocycles. The number of hydrogen-bond acceptors (Lipinski definition) is 1. The predicted molar refractivity (Wildman–Crippen MR) is 40.4 cm³/mol. The highest BCUT2D eigenvalue weighted by Gasteiger charge is 2.19. The van der Waals surface area contributed by atoms with Gasteiger partial charge in [0.05, 0.1) is 0 Å².